The lowest BCUT2D eigenvalue weighted by Gasteiger charge is -2.37. The molecule has 2 atom stereocenters. The highest BCUT2D eigenvalue weighted by Gasteiger charge is 2.44. The number of carbonyl (C=O) groups excluding carboxylic acids is 2. The molecule has 0 radical (unpaired) electrons. The van der Waals surface area contributed by atoms with Crippen LogP contribution in [0.15, 0.2) is 54.2 Å². The third-order valence-electron chi connectivity index (χ3n) is 5.48. The van der Waals surface area contributed by atoms with Crippen LogP contribution in [0.25, 0.3) is 5.57 Å². The molecule has 2 aromatic carbocycles. The zero-order chi connectivity index (χ0) is 22.8. The van der Waals surface area contributed by atoms with Gasteiger partial charge in [-0.15, -0.1) is 0 Å². The summed E-state index contributed by atoms with van der Waals surface area (Å²) >= 11 is 0. The molecule has 2 amide bonds. The number of morpholine rings is 1. The van der Waals surface area contributed by atoms with Crippen molar-refractivity contribution in [3.05, 3.63) is 65.6 Å². The molecule has 0 spiro atoms. The Morgan fingerprint density at radius 2 is 1.72 bits per heavy atom. The zero-order valence-electron chi connectivity index (χ0n) is 18.5. The van der Waals surface area contributed by atoms with Gasteiger partial charge in [0.15, 0.2) is 0 Å². The van der Waals surface area contributed by atoms with Gasteiger partial charge in [0.05, 0.1) is 30.1 Å². The van der Waals surface area contributed by atoms with E-state index in [1.54, 1.807) is 24.3 Å². The van der Waals surface area contributed by atoms with E-state index in [9.17, 15) is 14.0 Å². The molecule has 7 heteroatoms. The van der Waals surface area contributed by atoms with Crippen LogP contribution in [-0.2, 0) is 14.3 Å². The highest BCUT2D eigenvalue weighted by Crippen LogP contribution is 2.36. The monoisotopic (exact) mass is 438 g/mol. The van der Waals surface area contributed by atoms with Gasteiger partial charge >= 0.3 is 0 Å². The van der Waals surface area contributed by atoms with Crippen LogP contribution in [0.2, 0.25) is 0 Å². The number of rotatable bonds is 6. The van der Waals surface area contributed by atoms with Crippen molar-refractivity contribution in [2.24, 2.45) is 0 Å². The SMILES string of the molecule is CCCOc1cccc(N2C(=O)C(c3ccc(F)cc3)=C(N3CC(C)OC(C)C3)C2=O)c1. The van der Waals surface area contributed by atoms with Gasteiger partial charge in [-0.1, -0.05) is 25.1 Å². The molecule has 2 aliphatic rings. The smallest absolute Gasteiger partial charge is 0.282 e. The van der Waals surface area contributed by atoms with Gasteiger partial charge in [-0.2, -0.15) is 0 Å². The molecule has 0 bridgehead atoms. The molecule has 0 aromatic heterocycles. The van der Waals surface area contributed by atoms with Crippen molar-refractivity contribution in [2.75, 3.05) is 24.6 Å². The Morgan fingerprint density at radius 1 is 1.03 bits per heavy atom. The summed E-state index contributed by atoms with van der Waals surface area (Å²) in [6, 6.07) is 12.6. The maximum absolute atomic E-state index is 13.7. The highest BCUT2D eigenvalue weighted by molar-refractivity contribution is 6.45. The van der Waals surface area contributed by atoms with Crippen LogP contribution in [0.3, 0.4) is 0 Å². The Morgan fingerprint density at radius 3 is 2.38 bits per heavy atom. The maximum atomic E-state index is 13.7. The number of amides is 2. The van der Waals surface area contributed by atoms with Crippen LogP contribution in [0.1, 0.15) is 32.8 Å². The van der Waals surface area contributed by atoms with Gasteiger partial charge in [-0.25, -0.2) is 9.29 Å². The molecule has 2 aromatic rings. The normalized spacial score (nSPS) is 21.5. The van der Waals surface area contributed by atoms with Crippen LogP contribution >= 0.6 is 0 Å². The summed E-state index contributed by atoms with van der Waals surface area (Å²) in [6.45, 7) is 7.39. The molecule has 6 nitrogen and oxygen atoms in total. The Hall–Kier alpha value is -3.19. The van der Waals surface area contributed by atoms with Crippen LogP contribution in [0.5, 0.6) is 5.75 Å². The summed E-state index contributed by atoms with van der Waals surface area (Å²) in [5, 5.41) is 0. The lowest BCUT2D eigenvalue weighted by molar-refractivity contribution is -0.121. The Bertz CT molecular complexity index is 1040. The first-order chi connectivity index (χ1) is 15.4. The Kier molecular flexibility index (Phi) is 6.28. The third kappa shape index (κ3) is 4.25. The summed E-state index contributed by atoms with van der Waals surface area (Å²) < 4.78 is 25.1. The molecule has 4 rings (SSSR count). The topological polar surface area (TPSA) is 59.1 Å². The Labute approximate surface area is 187 Å². The number of anilines is 1. The fraction of sp³-hybridized carbons (Fsp3) is 0.360. The van der Waals surface area contributed by atoms with Crippen molar-refractivity contribution in [1.82, 2.24) is 4.90 Å². The summed E-state index contributed by atoms with van der Waals surface area (Å²) in [5.74, 6) is -0.645. The lowest BCUT2D eigenvalue weighted by atomic mass is 10.0. The fourth-order valence-electron chi connectivity index (χ4n) is 4.22. The molecular formula is C25H27FN2O4. The van der Waals surface area contributed by atoms with Crippen molar-refractivity contribution in [3.8, 4) is 5.75 Å². The van der Waals surface area contributed by atoms with E-state index in [-0.39, 0.29) is 17.8 Å². The van der Waals surface area contributed by atoms with E-state index in [1.165, 1.54) is 29.2 Å². The Balaban J connectivity index is 1.77. The number of hydrogen-bond acceptors (Lipinski definition) is 5. The first-order valence-corrected chi connectivity index (χ1v) is 10.9. The molecule has 1 fully saturated rings. The second-order valence-corrected chi connectivity index (χ2v) is 8.18. The number of nitrogens with zero attached hydrogens (tertiary/aromatic N) is 2. The van der Waals surface area contributed by atoms with Gasteiger partial charge in [0.25, 0.3) is 11.8 Å². The van der Waals surface area contributed by atoms with Crippen LogP contribution < -0.4 is 9.64 Å². The predicted octanol–water partition coefficient (Wildman–Crippen LogP) is 4.01. The molecule has 168 valence electrons. The predicted molar refractivity (Wildman–Crippen MR) is 120 cm³/mol. The van der Waals surface area contributed by atoms with Crippen LogP contribution in [0.4, 0.5) is 10.1 Å². The van der Waals surface area contributed by atoms with Crippen LogP contribution in [-0.4, -0.2) is 48.6 Å². The molecule has 32 heavy (non-hydrogen) atoms. The number of imide groups is 1. The summed E-state index contributed by atoms with van der Waals surface area (Å²) in [4.78, 5) is 30.3. The molecular weight excluding hydrogens is 411 g/mol. The van der Waals surface area contributed by atoms with Gasteiger partial charge in [0.1, 0.15) is 17.3 Å². The van der Waals surface area contributed by atoms with E-state index in [4.69, 9.17) is 9.47 Å². The summed E-state index contributed by atoms with van der Waals surface area (Å²) in [5.41, 5.74) is 1.55. The van der Waals surface area contributed by atoms with Crippen molar-refractivity contribution >= 4 is 23.1 Å². The third-order valence-corrected chi connectivity index (χ3v) is 5.48. The van der Waals surface area contributed by atoms with E-state index in [2.05, 4.69) is 0 Å². The van der Waals surface area contributed by atoms with Gasteiger partial charge in [0, 0.05) is 19.2 Å². The average Bonchev–Trinajstić information content (AvgIpc) is 3.02. The average molecular weight is 438 g/mol. The van der Waals surface area contributed by atoms with Gasteiger partial charge in [-0.3, -0.25) is 9.59 Å². The quantitative estimate of drug-likeness (QED) is 0.638. The number of ether oxygens (including phenoxy) is 2. The number of hydrogen-bond donors (Lipinski definition) is 0. The van der Waals surface area contributed by atoms with E-state index < -0.39 is 17.6 Å². The van der Waals surface area contributed by atoms with Crippen LogP contribution in [0, 0.1) is 5.82 Å². The standard InChI is InChI=1S/C25H27FN2O4/c1-4-12-31-21-7-5-6-20(13-21)28-24(29)22(18-8-10-19(26)11-9-18)23(25(28)30)27-14-16(2)32-17(3)15-27/h5-11,13,16-17H,4,12,14-15H2,1-3H3. The molecule has 0 saturated carbocycles. The molecule has 2 unspecified atom stereocenters. The minimum atomic E-state index is -0.434. The largest absolute Gasteiger partial charge is 0.494 e. The van der Waals surface area contributed by atoms with Crippen molar-refractivity contribution in [3.63, 3.8) is 0 Å². The highest BCUT2D eigenvalue weighted by atomic mass is 19.1. The minimum absolute atomic E-state index is 0.0940. The van der Waals surface area contributed by atoms with E-state index in [0.29, 0.717) is 42.4 Å². The second-order valence-electron chi connectivity index (χ2n) is 8.18. The fourth-order valence-corrected chi connectivity index (χ4v) is 4.22. The summed E-state index contributed by atoms with van der Waals surface area (Å²) in [7, 11) is 0. The van der Waals surface area contributed by atoms with Crippen molar-refractivity contribution in [2.45, 2.75) is 39.4 Å². The first-order valence-electron chi connectivity index (χ1n) is 10.9. The van der Waals surface area contributed by atoms with Crippen molar-refractivity contribution in [1.29, 1.82) is 0 Å². The van der Waals surface area contributed by atoms with Gasteiger partial charge in [0.2, 0.25) is 0 Å². The molecule has 2 aliphatic heterocycles. The van der Waals surface area contributed by atoms with E-state index in [0.717, 1.165) is 6.42 Å². The molecule has 0 aliphatic carbocycles. The number of benzene rings is 2. The second kappa shape index (κ2) is 9.12. The zero-order valence-corrected chi connectivity index (χ0v) is 18.5. The van der Waals surface area contributed by atoms with Gasteiger partial charge in [-0.05, 0) is 50.1 Å². The van der Waals surface area contributed by atoms with E-state index >= 15 is 0 Å². The first kappa shape index (κ1) is 22.0. The van der Waals surface area contributed by atoms with Gasteiger partial charge < -0.3 is 14.4 Å². The maximum Gasteiger partial charge on any atom is 0.282 e. The van der Waals surface area contributed by atoms with Crippen molar-refractivity contribution < 1.29 is 23.5 Å². The number of halogens is 1. The number of carbonyl (C=O) groups is 2. The molecule has 1 saturated heterocycles. The molecule has 2 heterocycles. The lowest BCUT2D eigenvalue weighted by Crippen LogP contribution is -2.47. The summed E-state index contributed by atoms with van der Waals surface area (Å²) in [6.07, 6.45) is 0.659. The van der Waals surface area contributed by atoms with E-state index in [1.807, 2.05) is 25.7 Å². The minimum Gasteiger partial charge on any atom is -0.494 e. The molecule has 0 N–H and O–H groups in total.